The SMILES string of the molecule is CCn1nc(C)cc1C(=O)Nc1nc2cccnc2n1C/C=C/Cn1c(NC(=O)c2cc(C)nn2CC)nc2cc(C(N)=O)cc(OCCCN3CCN(C(C)=O)CC3)c21. The minimum absolute atomic E-state index is 0.0807. The molecule has 4 amide bonds. The Hall–Kier alpha value is -6.89. The molecule has 7 rings (SSSR count). The van der Waals surface area contributed by atoms with Crippen LogP contribution in [0.25, 0.3) is 22.2 Å². The van der Waals surface area contributed by atoms with Gasteiger partial charge in [0.25, 0.3) is 11.8 Å². The molecule has 1 fully saturated rings. The minimum Gasteiger partial charge on any atom is -0.491 e. The molecule has 0 radical (unpaired) electrons. The molecule has 0 atom stereocenters. The van der Waals surface area contributed by atoms with Crippen LogP contribution in [-0.4, -0.2) is 116 Å². The van der Waals surface area contributed by atoms with Gasteiger partial charge >= 0.3 is 0 Å². The van der Waals surface area contributed by atoms with Crippen molar-refractivity contribution in [2.24, 2.45) is 5.73 Å². The maximum atomic E-state index is 13.8. The first-order chi connectivity index (χ1) is 28.9. The molecular weight excluding hydrogens is 769 g/mol. The normalized spacial score (nSPS) is 13.4. The molecule has 4 N–H and O–H groups in total. The van der Waals surface area contributed by atoms with Gasteiger partial charge in [-0.05, 0) is 70.5 Å². The van der Waals surface area contributed by atoms with Crippen LogP contribution in [-0.2, 0) is 31.0 Å². The van der Waals surface area contributed by atoms with E-state index >= 15 is 0 Å². The number of benzene rings is 1. The van der Waals surface area contributed by atoms with Crippen LogP contribution in [0, 0.1) is 13.8 Å². The number of carbonyl (C=O) groups is 4. The van der Waals surface area contributed by atoms with Gasteiger partial charge in [0, 0.05) is 77.6 Å². The summed E-state index contributed by atoms with van der Waals surface area (Å²) >= 11 is 0. The number of anilines is 2. The quantitative estimate of drug-likeness (QED) is 0.0947. The Morgan fingerprint density at radius 3 is 2.02 bits per heavy atom. The number of rotatable bonds is 16. The third kappa shape index (κ3) is 8.90. The molecule has 1 aromatic carbocycles. The van der Waals surface area contributed by atoms with Crippen molar-refractivity contribution in [1.82, 2.24) is 53.4 Å². The molecule has 5 aromatic heterocycles. The van der Waals surface area contributed by atoms with Crippen molar-refractivity contribution < 1.29 is 23.9 Å². The molecule has 0 bridgehead atoms. The number of aryl methyl sites for hydroxylation is 4. The lowest BCUT2D eigenvalue weighted by molar-refractivity contribution is -0.130. The van der Waals surface area contributed by atoms with E-state index in [4.69, 9.17) is 15.5 Å². The Balaban J connectivity index is 1.18. The zero-order chi connectivity index (χ0) is 42.5. The van der Waals surface area contributed by atoms with Crippen LogP contribution in [0.1, 0.15) is 69.9 Å². The number of nitrogens with zero attached hydrogens (tertiary/aromatic N) is 11. The van der Waals surface area contributed by atoms with E-state index in [0.717, 1.165) is 25.3 Å². The third-order valence-corrected chi connectivity index (χ3v) is 10.4. The number of carbonyl (C=O) groups excluding carboxylic acids is 4. The molecule has 0 saturated carbocycles. The molecule has 60 heavy (non-hydrogen) atoms. The Labute approximate surface area is 346 Å². The predicted octanol–water partition coefficient (Wildman–Crippen LogP) is 3.62. The highest BCUT2D eigenvalue weighted by molar-refractivity contribution is 6.04. The fourth-order valence-electron chi connectivity index (χ4n) is 7.37. The summed E-state index contributed by atoms with van der Waals surface area (Å²) in [5.74, 6) is -0.392. The lowest BCUT2D eigenvalue weighted by Crippen LogP contribution is -2.48. The molecule has 0 spiro atoms. The molecule has 314 valence electrons. The van der Waals surface area contributed by atoms with Crippen LogP contribution < -0.4 is 21.1 Å². The molecule has 6 heterocycles. The van der Waals surface area contributed by atoms with Gasteiger partial charge in [-0.25, -0.2) is 15.0 Å². The standard InChI is InChI=1S/C41H50N14O5/c1-6-54-32(22-26(3)48-54)38(58)46-40-45-31-24-29(36(42)57)25-34(60-21-11-14-50-17-19-51(20-18-50)28(5)56)35(31)52(40)15-8-9-16-53-37-30(12-10-13-43-37)44-41(53)47-39(59)33-23-27(4)49-55(33)7-2/h8-10,12-13,22-25H,6-7,11,14-21H2,1-5H3,(H2,42,57)(H,44,47,59)(H,45,46,58)/b9-8+. The van der Waals surface area contributed by atoms with E-state index in [1.54, 1.807) is 57.4 Å². The lowest BCUT2D eigenvalue weighted by Gasteiger charge is -2.34. The number of hydrogen-bond acceptors (Lipinski definition) is 11. The Kier molecular flexibility index (Phi) is 12.3. The van der Waals surface area contributed by atoms with Crippen molar-refractivity contribution in [2.45, 2.75) is 67.2 Å². The number of nitrogens with two attached hydrogens (primary N) is 1. The molecule has 1 aliphatic heterocycles. The monoisotopic (exact) mass is 818 g/mol. The van der Waals surface area contributed by atoms with Crippen LogP contribution in [0.2, 0.25) is 0 Å². The summed E-state index contributed by atoms with van der Waals surface area (Å²) < 4.78 is 13.3. The number of amides is 4. The maximum absolute atomic E-state index is 13.8. The molecular formula is C41H50N14O5. The zero-order valence-electron chi connectivity index (χ0n) is 34.5. The molecule has 0 unspecified atom stereocenters. The van der Waals surface area contributed by atoms with E-state index in [-0.39, 0.29) is 36.4 Å². The summed E-state index contributed by atoms with van der Waals surface area (Å²) in [4.78, 5) is 69.7. The van der Waals surface area contributed by atoms with Crippen LogP contribution >= 0.6 is 0 Å². The van der Waals surface area contributed by atoms with Crippen molar-refractivity contribution >= 4 is 57.7 Å². The van der Waals surface area contributed by atoms with Crippen LogP contribution in [0.5, 0.6) is 5.75 Å². The van der Waals surface area contributed by atoms with E-state index in [9.17, 15) is 19.2 Å². The van der Waals surface area contributed by atoms with Crippen molar-refractivity contribution in [3.05, 3.63) is 83.1 Å². The fourth-order valence-corrected chi connectivity index (χ4v) is 7.37. The Morgan fingerprint density at radius 1 is 0.817 bits per heavy atom. The van der Waals surface area contributed by atoms with Gasteiger partial charge in [-0.3, -0.25) is 48.6 Å². The lowest BCUT2D eigenvalue weighted by atomic mass is 10.1. The van der Waals surface area contributed by atoms with E-state index in [2.05, 4.69) is 35.7 Å². The first-order valence-corrected chi connectivity index (χ1v) is 20.1. The molecule has 1 aliphatic rings. The smallest absolute Gasteiger partial charge is 0.276 e. The average molecular weight is 819 g/mol. The summed E-state index contributed by atoms with van der Waals surface area (Å²) in [5.41, 5.74) is 10.3. The second kappa shape index (κ2) is 17.9. The zero-order valence-corrected chi connectivity index (χ0v) is 34.5. The highest BCUT2D eigenvalue weighted by atomic mass is 16.5. The summed E-state index contributed by atoms with van der Waals surface area (Å²) in [6.45, 7) is 14.6. The maximum Gasteiger partial charge on any atom is 0.276 e. The second-order valence-corrected chi connectivity index (χ2v) is 14.5. The largest absolute Gasteiger partial charge is 0.491 e. The molecule has 0 aliphatic carbocycles. The summed E-state index contributed by atoms with van der Waals surface area (Å²) in [6, 6.07) is 10.2. The summed E-state index contributed by atoms with van der Waals surface area (Å²) in [5, 5.41) is 14.8. The van der Waals surface area contributed by atoms with Gasteiger partial charge in [-0.1, -0.05) is 12.2 Å². The van der Waals surface area contributed by atoms with Gasteiger partial charge < -0.3 is 19.9 Å². The topological polar surface area (TPSA) is 218 Å². The number of aromatic nitrogens is 9. The average Bonchev–Trinajstić information content (AvgIpc) is 4.00. The number of allylic oxidation sites excluding steroid dienone is 2. The number of ether oxygens (including phenoxy) is 1. The van der Waals surface area contributed by atoms with E-state index in [1.165, 1.54) is 0 Å². The van der Waals surface area contributed by atoms with Gasteiger partial charge in [0.2, 0.25) is 23.7 Å². The third-order valence-electron chi connectivity index (χ3n) is 10.4. The molecule has 19 heteroatoms. The molecule has 6 aromatic rings. The predicted molar refractivity (Wildman–Crippen MR) is 225 cm³/mol. The van der Waals surface area contributed by atoms with Crippen molar-refractivity contribution in [3.63, 3.8) is 0 Å². The number of hydrogen-bond donors (Lipinski definition) is 3. The second-order valence-electron chi connectivity index (χ2n) is 14.5. The van der Waals surface area contributed by atoms with Crippen LogP contribution in [0.4, 0.5) is 11.9 Å². The first kappa shape index (κ1) is 41.3. The van der Waals surface area contributed by atoms with E-state index in [1.807, 2.05) is 55.4 Å². The van der Waals surface area contributed by atoms with Gasteiger partial charge in [0.05, 0.1) is 23.5 Å². The van der Waals surface area contributed by atoms with Crippen LogP contribution in [0.3, 0.4) is 0 Å². The van der Waals surface area contributed by atoms with Gasteiger partial charge in [0.1, 0.15) is 28.2 Å². The van der Waals surface area contributed by atoms with Gasteiger partial charge in [0.15, 0.2) is 5.65 Å². The number of imidazole rings is 2. The van der Waals surface area contributed by atoms with Crippen molar-refractivity contribution in [2.75, 3.05) is 50.0 Å². The minimum atomic E-state index is -0.647. The van der Waals surface area contributed by atoms with Crippen molar-refractivity contribution in [3.8, 4) is 5.75 Å². The fraction of sp³-hybridized carbons (Fsp3) is 0.390. The number of nitrogens with one attached hydrogen (secondary N) is 2. The summed E-state index contributed by atoms with van der Waals surface area (Å²) in [6.07, 6.45) is 6.16. The van der Waals surface area contributed by atoms with E-state index < -0.39 is 11.8 Å². The van der Waals surface area contributed by atoms with Gasteiger partial charge in [-0.15, -0.1) is 0 Å². The molecule has 19 nitrogen and oxygen atoms in total. The summed E-state index contributed by atoms with van der Waals surface area (Å²) in [7, 11) is 0. The van der Waals surface area contributed by atoms with Crippen molar-refractivity contribution in [1.29, 1.82) is 0 Å². The number of fused-ring (bicyclic) bond motifs is 2. The highest BCUT2D eigenvalue weighted by Gasteiger charge is 2.23. The Bertz CT molecular complexity index is 2590. The van der Waals surface area contributed by atoms with Gasteiger partial charge in [-0.2, -0.15) is 10.2 Å². The van der Waals surface area contributed by atoms with Crippen LogP contribution in [0.15, 0.2) is 54.7 Å². The van der Waals surface area contributed by atoms with E-state index in [0.29, 0.717) is 90.2 Å². The highest BCUT2D eigenvalue weighted by Crippen LogP contribution is 2.32. The first-order valence-electron chi connectivity index (χ1n) is 20.1. The number of pyridine rings is 1. The number of piperazine rings is 1. The molecule has 1 saturated heterocycles. The number of primary amides is 1. The Morgan fingerprint density at radius 2 is 1.42 bits per heavy atom.